The third kappa shape index (κ3) is 2.39. The third-order valence-electron chi connectivity index (χ3n) is 3.07. The quantitative estimate of drug-likeness (QED) is 0.932. The number of aromatic nitrogens is 2. The maximum absolute atomic E-state index is 6.23. The molecule has 0 aliphatic rings. The topological polar surface area (TPSA) is 29.9 Å². The zero-order valence-electron chi connectivity index (χ0n) is 10.5. The predicted molar refractivity (Wildman–Crippen MR) is 75.7 cm³/mol. The van der Waals surface area contributed by atoms with E-state index in [1.54, 1.807) is 12.4 Å². The molecule has 0 amide bonds. The van der Waals surface area contributed by atoms with Gasteiger partial charge in [-0.05, 0) is 39.1 Å². The highest BCUT2D eigenvalue weighted by Gasteiger charge is 2.23. The van der Waals surface area contributed by atoms with Crippen molar-refractivity contribution in [1.29, 1.82) is 0 Å². The van der Waals surface area contributed by atoms with Crippen molar-refractivity contribution in [2.45, 2.75) is 19.4 Å². The molecule has 0 fully saturated rings. The van der Waals surface area contributed by atoms with E-state index in [0.717, 1.165) is 11.4 Å². The van der Waals surface area contributed by atoms with Crippen molar-refractivity contribution >= 4 is 23.2 Å². The van der Waals surface area contributed by atoms with Gasteiger partial charge < -0.3 is 5.32 Å². The van der Waals surface area contributed by atoms with Crippen LogP contribution in [0.25, 0.3) is 5.69 Å². The van der Waals surface area contributed by atoms with E-state index in [1.807, 2.05) is 29.9 Å². The molecule has 0 saturated heterocycles. The van der Waals surface area contributed by atoms with Gasteiger partial charge in [0.25, 0.3) is 0 Å². The molecule has 0 bridgehead atoms. The number of benzene rings is 1. The number of hydrogen-bond donors (Lipinski definition) is 1. The third-order valence-corrected chi connectivity index (χ3v) is 3.61. The average Bonchev–Trinajstić information content (AvgIpc) is 2.78. The molecule has 2 aromatic rings. The normalized spacial score (nSPS) is 11.8. The Morgan fingerprint density at radius 1 is 1.28 bits per heavy atom. The lowest BCUT2D eigenvalue weighted by Crippen LogP contribution is -2.35. The first-order chi connectivity index (χ1) is 8.45. The Hall–Kier alpha value is -1.03. The first-order valence-corrected chi connectivity index (χ1v) is 6.38. The minimum atomic E-state index is -0.195. The van der Waals surface area contributed by atoms with Gasteiger partial charge in [-0.25, -0.2) is 4.98 Å². The summed E-state index contributed by atoms with van der Waals surface area (Å²) in [6.45, 7) is 4.18. The first kappa shape index (κ1) is 13.4. The molecule has 0 spiro atoms. The Bertz CT molecular complexity index is 561. The van der Waals surface area contributed by atoms with Crippen molar-refractivity contribution in [3.05, 3.63) is 46.5 Å². The zero-order chi connectivity index (χ0) is 13.3. The zero-order valence-corrected chi connectivity index (χ0v) is 12.0. The fraction of sp³-hybridized carbons (Fsp3) is 0.308. The highest BCUT2D eigenvalue weighted by atomic mass is 35.5. The van der Waals surface area contributed by atoms with Crippen LogP contribution in [0.15, 0.2) is 30.7 Å². The molecule has 96 valence electrons. The van der Waals surface area contributed by atoms with Crippen LogP contribution in [0, 0.1) is 0 Å². The highest BCUT2D eigenvalue weighted by molar-refractivity contribution is 6.35. The maximum atomic E-state index is 6.23. The molecule has 0 saturated carbocycles. The number of rotatable bonds is 3. The van der Waals surface area contributed by atoms with Gasteiger partial charge in [0.1, 0.15) is 0 Å². The summed E-state index contributed by atoms with van der Waals surface area (Å²) in [5.41, 5.74) is 1.71. The van der Waals surface area contributed by atoms with E-state index in [4.69, 9.17) is 23.2 Å². The molecule has 1 N–H and O–H groups in total. The minimum Gasteiger partial charge on any atom is -0.310 e. The van der Waals surface area contributed by atoms with Gasteiger partial charge in [0, 0.05) is 5.02 Å². The smallest absolute Gasteiger partial charge is 0.0995 e. The number of hydrogen-bond acceptors (Lipinski definition) is 2. The second-order valence-corrected chi connectivity index (χ2v) is 5.46. The predicted octanol–water partition coefficient (Wildman–Crippen LogP) is 3.63. The van der Waals surface area contributed by atoms with Crippen molar-refractivity contribution in [2.75, 3.05) is 7.05 Å². The molecule has 0 radical (unpaired) electrons. The number of nitrogens with zero attached hydrogens (tertiary/aromatic N) is 2. The van der Waals surface area contributed by atoms with Gasteiger partial charge in [0.15, 0.2) is 0 Å². The van der Waals surface area contributed by atoms with E-state index in [0.29, 0.717) is 10.0 Å². The van der Waals surface area contributed by atoms with Gasteiger partial charge in [-0.15, -0.1) is 0 Å². The molecule has 1 aromatic carbocycles. The van der Waals surface area contributed by atoms with E-state index < -0.39 is 0 Å². The minimum absolute atomic E-state index is 0.195. The Balaban J connectivity index is 2.56. The summed E-state index contributed by atoms with van der Waals surface area (Å²) in [5, 5.41) is 4.48. The largest absolute Gasteiger partial charge is 0.310 e. The molecular formula is C13H15Cl2N3. The molecule has 0 unspecified atom stereocenters. The van der Waals surface area contributed by atoms with Crippen molar-refractivity contribution in [1.82, 2.24) is 14.9 Å². The molecule has 0 aliphatic carbocycles. The molecule has 3 nitrogen and oxygen atoms in total. The SMILES string of the molecule is CNC(C)(C)c1cncn1-c1ccc(Cl)cc1Cl. The van der Waals surface area contributed by atoms with Gasteiger partial charge in [-0.1, -0.05) is 23.2 Å². The molecule has 2 rings (SSSR count). The molecule has 0 aliphatic heterocycles. The lowest BCUT2D eigenvalue weighted by atomic mass is 10.0. The van der Waals surface area contributed by atoms with Gasteiger partial charge in [0.2, 0.25) is 0 Å². The van der Waals surface area contributed by atoms with Crippen LogP contribution in [0.4, 0.5) is 0 Å². The van der Waals surface area contributed by atoms with Gasteiger partial charge >= 0.3 is 0 Å². The Labute approximate surface area is 117 Å². The van der Waals surface area contributed by atoms with Crippen LogP contribution < -0.4 is 5.32 Å². The van der Waals surface area contributed by atoms with Crippen LogP contribution in [-0.4, -0.2) is 16.6 Å². The molecule has 1 heterocycles. The summed E-state index contributed by atoms with van der Waals surface area (Å²) >= 11 is 12.1. The standard InChI is InChI=1S/C13H15Cl2N3/c1-13(2,16-3)12-7-17-8-18(12)11-5-4-9(14)6-10(11)15/h4-8,16H,1-3H3. The molecule has 18 heavy (non-hydrogen) atoms. The summed E-state index contributed by atoms with van der Waals surface area (Å²) in [6, 6.07) is 5.44. The summed E-state index contributed by atoms with van der Waals surface area (Å²) in [4.78, 5) is 4.21. The van der Waals surface area contributed by atoms with Crippen LogP contribution >= 0.6 is 23.2 Å². The van der Waals surface area contributed by atoms with Crippen LogP contribution in [0.1, 0.15) is 19.5 Å². The molecule has 0 atom stereocenters. The second kappa shape index (κ2) is 4.92. The Morgan fingerprint density at radius 2 is 2.00 bits per heavy atom. The molecule has 1 aromatic heterocycles. The fourth-order valence-corrected chi connectivity index (χ4v) is 2.25. The summed E-state index contributed by atoms with van der Waals surface area (Å²) in [6.07, 6.45) is 3.59. The van der Waals surface area contributed by atoms with Crippen molar-refractivity contribution < 1.29 is 0 Å². The van der Waals surface area contributed by atoms with Gasteiger partial charge in [0.05, 0.1) is 34.5 Å². The summed E-state index contributed by atoms with van der Waals surface area (Å²) < 4.78 is 1.97. The maximum Gasteiger partial charge on any atom is 0.0995 e. The molecular weight excluding hydrogens is 269 g/mol. The Morgan fingerprint density at radius 3 is 2.61 bits per heavy atom. The van der Waals surface area contributed by atoms with Crippen molar-refractivity contribution in [3.63, 3.8) is 0 Å². The monoisotopic (exact) mass is 283 g/mol. The van der Waals surface area contributed by atoms with Gasteiger partial charge in [-0.3, -0.25) is 4.57 Å². The number of halogens is 2. The van der Waals surface area contributed by atoms with Crippen molar-refractivity contribution in [2.24, 2.45) is 0 Å². The molecule has 5 heteroatoms. The summed E-state index contributed by atoms with van der Waals surface area (Å²) in [7, 11) is 1.92. The lowest BCUT2D eigenvalue weighted by Gasteiger charge is -2.25. The summed E-state index contributed by atoms with van der Waals surface area (Å²) in [5.74, 6) is 0. The van der Waals surface area contributed by atoms with Crippen LogP contribution in [0.3, 0.4) is 0 Å². The van der Waals surface area contributed by atoms with Crippen LogP contribution in [-0.2, 0) is 5.54 Å². The average molecular weight is 284 g/mol. The van der Waals surface area contributed by atoms with Crippen molar-refractivity contribution in [3.8, 4) is 5.69 Å². The second-order valence-electron chi connectivity index (χ2n) is 4.62. The van der Waals surface area contributed by atoms with E-state index in [1.165, 1.54) is 0 Å². The number of imidazole rings is 1. The van der Waals surface area contributed by atoms with E-state index >= 15 is 0 Å². The fourth-order valence-electron chi connectivity index (χ4n) is 1.75. The van der Waals surface area contributed by atoms with Crippen LogP contribution in [0.5, 0.6) is 0 Å². The Kier molecular flexibility index (Phi) is 3.66. The van der Waals surface area contributed by atoms with Gasteiger partial charge in [-0.2, -0.15) is 0 Å². The van der Waals surface area contributed by atoms with E-state index in [2.05, 4.69) is 24.1 Å². The van der Waals surface area contributed by atoms with Crippen LogP contribution in [0.2, 0.25) is 10.0 Å². The number of nitrogens with one attached hydrogen (secondary N) is 1. The van der Waals surface area contributed by atoms with E-state index in [-0.39, 0.29) is 5.54 Å². The highest BCUT2D eigenvalue weighted by Crippen LogP contribution is 2.28. The van der Waals surface area contributed by atoms with E-state index in [9.17, 15) is 0 Å². The first-order valence-electron chi connectivity index (χ1n) is 5.63. The lowest BCUT2D eigenvalue weighted by molar-refractivity contribution is 0.425.